The van der Waals surface area contributed by atoms with E-state index in [2.05, 4.69) is 20.4 Å². The fourth-order valence-corrected chi connectivity index (χ4v) is 3.95. The van der Waals surface area contributed by atoms with Crippen LogP contribution in [0.5, 0.6) is 0 Å². The second kappa shape index (κ2) is 8.08. The molecule has 0 aliphatic rings. The van der Waals surface area contributed by atoms with Crippen LogP contribution < -0.4 is 5.32 Å². The second-order valence-corrected chi connectivity index (χ2v) is 7.84. The van der Waals surface area contributed by atoms with Gasteiger partial charge in [0.2, 0.25) is 0 Å². The Morgan fingerprint density at radius 3 is 2.77 bits per heavy atom. The highest BCUT2D eigenvalue weighted by atomic mass is 32.1. The third-order valence-corrected chi connectivity index (χ3v) is 5.66. The zero-order valence-corrected chi connectivity index (χ0v) is 17.4. The van der Waals surface area contributed by atoms with E-state index >= 15 is 0 Å². The lowest BCUT2D eigenvalue weighted by atomic mass is 10.1. The Hall–Kier alpha value is -3.91. The molecule has 0 radical (unpaired) electrons. The second-order valence-electron chi connectivity index (χ2n) is 6.98. The molecule has 0 aliphatic heterocycles. The lowest BCUT2D eigenvalue weighted by molar-refractivity contribution is 0.0950. The summed E-state index contributed by atoms with van der Waals surface area (Å²) in [6, 6.07) is 15.2. The molecular formula is C23H17N5O2S. The van der Waals surface area contributed by atoms with E-state index in [1.807, 2.05) is 42.6 Å². The van der Waals surface area contributed by atoms with Crippen molar-refractivity contribution in [3.05, 3.63) is 83.3 Å². The first-order valence-corrected chi connectivity index (χ1v) is 10.5. The average molecular weight is 427 g/mol. The number of aryl methyl sites for hydroxylation is 1. The normalized spacial score (nSPS) is 11.0. The van der Waals surface area contributed by atoms with Gasteiger partial charge in [-0.3, -0.25) is 14.8 Å². The van der Waals surface area contributed by atoms with Gasteiger partial charge >= 0.3 is 0 Å². The van der Waals surface area contributed by atoms with E-state index in [4.69, 9.17) is 9.51 Å². The number of thiazole rings is 1. The van der Waals surface area contributed by atoms with Crippen LogP contribution in [0.2, 0.25) is 0 Å². The predicted octanol–water partition coefficient (Wildman–Crippen LogP) is 4.65. The molecule has 0 saturated heterocycles. The average Bonchev–Trinajstić information content (AvgIpc) is 3.46. The van der Waals surface area contributed by atoms with Crippen LogP contribution in [0.3, 0.4) is 0 Å². The minimum absolute atomic E-state index is 0.209. The highest BCUT2D eigenvalue weighted by Gasteiger charge is 2.17. The van der Waals surface area contributed by atoms with E-state index in [0.717, 1.165) is 27.3 Å². The van der Waals surface area contributed by atoms with Crippen molar-refractivity contribution in [3.8, 4) is 22.0 Å². The van der Waals surface area contributed by atoms with Crippen molar-refractivity contribution in [1.82, 2.24) is 25.4 Å². The largest absolute Gasteiger partial charge is 0.356 e. The molecule has 7 nitrogen and oxygen atoms in total. The molecular weight excluding hydrogens is 410 g/mol. The number of hydrogen-bond donors (Lipinski definition) is 1. The van der Waals surface area contributed by atoms with Crippen LogP contribution in [-0.2, 0) is 6.54 Å². The summed E-state index contributed by atoms with van der Waals surface area (Å²) in [7, 11) is 0. The summed E-state index contributed by atoms with van der Waals surface area (Å²) in [6.45, 7) is 2.17. The molecule has 0 atom stereocenters. The van der Waals surface area contributed by atoms with Crippen LogP contribution in [0.15, 0.2) is 70.8 Å². The predicted molar refractivity (Wildman–Crippen MR) is 118 cm³/mol. The summed E-state index contributed by atoms with van der Waals surface area (Å²) < 4.78 is 5.46. The SMILES string of the molecule is Cc1cnc(CNC(=O)c2ccc3onc(-c4csc(-c5ccccc5)n4)c3c2)cn1. The molecule has 2 aromatic carbocycles. The van der Waals surface area contributed by atoms with Gasteiger partial charge < -0.3 is 9.84 Å². The molecule has 0 aliphatic carbocycles. The number of nitrogens with zero attached hydrogens (tertiary/aromatic N) is 4. The summed E-state index contributed by atoms with van der Waals surface area (Å²) in [4.78, 5) is 25.8. The number of rotatable bonds is 5. The lowest BCUT2D eigenvalue weighted by Crippen LogP contribution is -2.23. The maximum Gasteiger partial charge on any atom is 0.251 e. The highest BCUT2D eigenvalue weighted by molar-refractivity contribution is 7.13. The van der Waals surface area contributed by atoms with Gasteiger partial charge in [0.1, 0.15) is 16.4 Å². The van der Waals surface area contributed by atoms with E-state index in [1.54, 1.807) is 41.9 Å². The summed E-state index contributed by atoms with van der Waals surface area (Å²) in [6.07, 6.45) is 3.33. The minimum atomic E-state index is -0.209. The molecule has 0 saturated carbocycles. The molecule has 31 heavy (non-hydrogen) atoms. The van der Waals surface area contributed by atoms with Gasteiger partial charge in [0.05, 0.1) is 29.5 Å². The molecule has 5 rings (SSSR count). The van der Waals surface area contributed by atoms with Crippen LogP contribution in [0.25, 0.3) is 32.9 Å². The fraction of sp³-hybridized carbons (Fsp3) is 0.0870. The van der Waals surface area contributed by atoms with Crippen LogP contribution in [0, 0.1) is 6.92 Å². The van der Waals surface area contributed by atoms with Crippen molar-refractivity contribution in [2.45, 2.75) is 13.5 Å². The Labute approximate surface area is 181 Å². The van der Waals surface area contributed by atoms with Crippen molar-refractivity contribution in [3.63, 3.8) is 0 Å². The van der Waals surface area contributed by atoms with E-state index < -0.39 is 0 Å². The van der Waals surface area contributed by atoms with Gasteiger partial charge in [-0.25, -0.2) is 4.98 Å². The molecule has 0 unspecified atom stereocenters. The Morgan fingerprint density at radius 1 is 1.10 bits per heavy atom. The van der Waals surface area contributed by atoms with Crippen LogP contribution in [0.1, 0.15) is 21.7 Å². The Kier molecular flexibility index (Phi) is 4.97. The standard InChI is InChI=1S/C23H17N5O2S/c1-14-10-25-17(11-24-14)12-26-22(29)16-7-8-20-18(9-16)21(28-30-20)19-13-31-23(27-19)15-5-3-2-4-6-15/h2-11,13H,12H2,1H3,(H,26,29). The third-order valence-electron chi connectivity index (χ3n) is 4.76. The van der Waals surface area contributed by atoms with Crippen molar-refractivity contribution >= 4 is 28.2 Å². The number of hydrogen-bond acceptors (Lipinski definition) is 7. The highest BCUT2D eigenvalue weighted by Crippen LogP contribution is 2.32. The zero-order chi connectivity index (χ0) is 21.2. The summed E-state index contributed by atoms with van der Waals surface area (Å²) in [5.74, 6) is -0.209. The number of amides is 1. The van der Waals surface area contributed by atoms with Crippen LogP contribution in [0.4, 0.5) is 0 Å². The van der Waals surface area contributed by atoms with Gasteiger partial charge in [0.25, 0.3) is 5.91 Å². The molecule has 152 valence electrons. The van der Waals surface area contributed by atoms with Gasteiger partial charge in [0, 0.05) is 22.7 Å². The molecule has 0 fully saturated rings. The maximum atomic E-state index is 12.7. The van der Waals surface area contributed by atoms with Gasteiger partial charge in [-0.2, -0.15) is 0 Å². The first-order valence-electron chi connectivity index (χ1n) is 9.64. The number of carbonyl (C=O) groups is 1. The van der Waals surface area contributed by atoms with Crippen molar-refractivity contribution in [1.29, 1.82) is 0 Å². The molecule has 3 heterocycles. The quantitative estimate of drug-likeness (QED) is 0.439. The fourth-order valence-electron chi connectivity index (χ4n) is 3.14. The van der Waals surface area contributed by atoms with Crippen molar-refractivity contribution in [2.24, 2.45) is 0 Å². The van der Waals surface area contributed by atoms with Crippen molar-refractivity contribution in [2.75, 3.05) is 0 Å². The third kappa shape index (κ3) is 3.93. The van der Waals surface area contributed by atoms with Gasteiger partial charge in [-0.05, 0) is 25.1 Å². The number of nitrogens with one attached hydrogen (secondary N) is 1. The smallest absolute Gasteiger partial charge is 0.251 e. The van der Waals surface area contributed by atoms with E-state index in [-0.39, 0.29) is 5.91 Å². The summed E-state index contributed by atoms with van der Waals surface area (Å²) in [5.41, 5.74) is 5.02. The van der Waals surface area contributed by atoms with E-state index in [0.29, 0.717) is 29.1 Å². The Morgan fingerprint density at radius 2 is 1.97 bits per heavy atom. The molecule has 8 heteroatoms. The Balaban J connectivity index is 1.40. The molecule has 5 aromatic rings. The van der Waals surface area contributed by atoms with Crippen molar-refractivity contribution < 1.29 is 9.32 Å². The molecule has 0 spiro atoms. The first kappa shape index (κ1) is 19.1. The monoisotopic (exact) mass is 427 g/mol. The number of carbonyl (C=O) groups excluding carboxylic acids is 1. The molecule has 1 N–H and O–H groups in total. The number of fused-ring (bicyclic) bond motifs is 1. The zero-order valence-electron chi connectivity index (χ0n) is 16.6. The molecule has 1 amide bonds. The number of benzene rings is 2. The molecule has 0 bridgehead atoms. The van der Waals surface area contributed by atoms with Gasteiger partial charge in [-0.15, -0.1) is 11.3 Å². The molecule has 3 aromatic heterocycles. The Bertz CT molecular complexity index is 1360. The maximum absolute atomic E-state index is 12.7. The van der Waals surface area contributed by atoms with Crippen LogP contribution in [-0.4, -0.2) is 26.0 Å². The van der Waals surface area contributed by atoms with E-state index in [1.165, 1.54) is 0 Å². The van der Waals surface area contributed by atoms with Gasteiger partial charge in [0.15, 0.2) is 5.58 Å². The lowest BCUT2D eigenvalue weighted by Gasteiger charge is -2.05. The first-order chi connectivity index (χ1) is 15.2. The number of aromatic nitrogens is 4. The van der Waals surface area contributed by atoms with Gasteiger partial charge in [-0.1, -0.05) is 35.5 Å². The van der Waals surface area contributed by atoms with E-state index in [9.17, 15) is 4.79 Å². The topological polar surface area (TPSA) is 93.8 Å². The minimum Gasteiger partial charge on any atom is -0.356 e. The van der Waals surface area contributed by atoms with Crippen LogP contribution >= 0.6 is 11.3 Å². The summed E-state index contributed by atoms with van der Waals surface area (Å²) >= 11 is 1.54. The summed E-state index contributed by atoms with van der Waals surface area (Å²) in [5, 5.41) is 10.7.